The van der Waals surface area contributed by atoms with E-state index in [1.165, 1.54) is 0 Å². The molecule has 0 aliphatic heterocycles. The second-order valence-electron chi connectivity index (χ2n) is 9.88. The normalized spacial score (nSPS) is 14.8. The Morgan fingerprint density at radius 3 is 2.07 bits per heavy atom. The average molecular weight is 397 g/mol. The van der Waals surface area contributed by atoms with Crippen LogP contribution in [-0.2, 0) is 10.8 Å². The van der Waals surface area contributed by atoms with Crippen molar-refractivity contribution in [2.75, 3.05) is 7.05 Å². The van der Waals surface area contributed by atoms with Gasteiger partial charge in [0.1, 0.15) is 11.9 Å². The molecule has 2 atom stereocenters. The van der Waals surface area contributed by atoms with Crippen LogP contribution in [0.5, 0.6) is 5.75 Å². The molecule has 0 amide bonds. The van der Waals surface area contributed by atoms with Crippen molar-refractivity contribution in [3.8, 4) is 5.75 Å². The van der Waals surface area contributed by atoms with E-state index >= 15 is 0 Å². The van der Waals surface area contributed by atoms with Crippen LogP contribution in [0.1, 0.15) is 76.8 Å². The summed E-state index contributed by atoms with van der Waals surface area (Å²) in [5, 5.41) is 27.8. The Morgan fingerprint density at radius 1 is 0.966 bits per heavy atom. The summed E-state index contributed by atoms with van der Waals surface area (Å²) in [6.07, 6.45) is 1.03. The largest absolute Gasteiger partial charge is 0.507 e. The molecule has 0 aromatic heterocycles. The molecule has 4 heteroatoms. The summed E-state index contributed by atoms with van der Waals surface area (Å²) in [6.45, 7) is 14.7. The number of benzene rings is 2. The lowest BCUT2D eigenvalue weighted by atomic mass is 9.79. The van der Waals surface area contributed by atoms with Crippen molar-refractivity contribution in [1.82, 2.24) is 5.01 Å². The van der Waals surface area contributed by atoms with Crippen molar-refractivity contribution in [2.24, 2.45) is 5.10 Å². The molecule has 0 spiro atoms. The summed E-state index contributed by atoms with van der Waals surface area (Å²) in [7, 11) is 1.84. The van der Waals surface area contributed by atoms with Crippen molar-refractivity contribution in [3.05, 3.63) is 64.7 Å². The second-order valence-corrected chi connectivity index (χ2v) is 9.88. The average Bonchev–Trinajstić information content (AvgIpc) is 2.64. The highest BCUT2D eigenvalue weighted by Gasteiger charge is 2.25. The fourth-order valence-corrected chi connectivity index (χ4v) is 3.15. The quantitative estimate of drug-likeness (QED) is 0.527. The third-order valence-electron chi connectivity index (χ3n) is 5.38. The third kappa shape index (κ3) is 5.60. The molecule has 29 heavy (non-hydrogen) atoms. The summed E-state index contributed by atoms with van der Waals surface area (Å²) in [5.74, 6) is 0.263. The van der Waals surface area contributed by atoms with E-state index in [1.807, 2.05) is 50.4 Å². The van der Waals surface area contributed by atoms with Crippen LogP contribution >= 0.6 is 0 Å². The van der Waals surface area contributed by atoms with Gasteiger partial charge in [-0.25, -0.2) is 0 Å². The zero-order chi connectivity index (χ0) is 22.0. The first-order valence-electron chi connectivity index (χ1n) is 10.2. The van der Waals surface area contributed by atoms with Gasteiger partial charge in [0.05, 0.1) is 12.3 Å². The highest BCUT2D eigenvalue weighted by atomic mass is 16.3. The summed E-state index contributed by atoms with van der Waals surface area (Å²) in [6, 6.07) is 13.5. The SMILES string of the molecule is C[C@@H]([C@H](O)c1ccccc1)N(C)/N=C/c1cc(C(C)(C)C)cc(C(C)(C)C)c1O. The molecule has 2 rings (SSSR count). The molecular formula is C25H36N2O2. The predicted octanol–water partition coefficient (Wildman–Crippen LogP) is 5.38. The summed E-state index contributed by atoms with van der Waals surface area (Å²) >= 11 is 0. The Balaban J connectivity index is 2.35. The number of hydrogen-bond acceptors (Lipinski definition) is 4. The number of phenols is 1. The lowest BCUT2D eigenvalue weighted by molar-refractivity contribution is 0.0748. The molecule has 0 unspecified atom stereocenters. The van der Waals surface area contributed by atoms with Gasteiger partial charge in [-0.15, -0.1) is 0 Å². The molecule has 0 heterocycles. The fraction of sp³-hybridized carbons (Fsp3) is 0.480. The number of likely N-dealkylation sites (N-methyl/N-ethyl adjacent to an activating group) is 1. The molecule has 2 aromatic carbocycles. The van der Waals surface area contributed by atoms with E-state index in [2.05, 4.69) is 52.7 Å². The van der Waals surface area contributed by atoms with Gasteiger partial charge in [-0.3, -0.25) is 5.01 Å². The Morgan fingerprint density at radius 2 is 1.55 bits per heavy atom. The van der Waals surface area contributed by atoms with E-state index in [0.29, 0.717) is 5.56 Å². The molecule has 0 saturated carbocycles. The molecular weight excluding hydrogens is 360 g/mol. The van der Waals surface area contributed by atoms with E-state index in [9.17, 15) is 10.2 Å². The van der Waals surface area contributed by atoms with Crippen LogP contribution in [0.15, 0.2) is 47.6 Å². The van der Waals surface area contributed by atoms with Crippen molar-refractivity contribution < 1.29 is 10.2 Å². The smallest absolute Gasteiger partial charge is 0.128 e. The molecule has 0 radical (unpaired) electrons. The minimum atomic E-state index is -0.655. The van der Waals surface area contributed by atoms with E-state index in [4.69, 9.17) is 0 Å². The number of aliphatic hydroxyl groups is 1. The molecule has 0 aliphatic rings. The van der Waals surface area contributed by atoms with Gasteiger partial charge in [0.2, 0.25) is 0 Å². The first-order chi connectivity index (χ1) is 13.3. The maximum atomic E-state index is 10.9. The summed E-state index contributed by atoms with van der Waals surface area (Å²) < 4.78 is 0. The fourth-order valence-electron chi connectivity index (χ4n) is 3.15. The van der Waals surface area contributed by atoms with Crippen molar-refractivity contribution in [2.45, 2.75) is 71.4 Å². The first-order valence-corrected chi connectivity index (χ1v) is 10.2. The number of aromatic hydroxyl groups is 1. The van der Waals surface area contributed by atoms with Gasteiger partial charge in [-0.1, -0.05) is 77.9 Å². The van der Waals surface area contributed by atoms with Gasteiger partial charge in [0, 0.05) is 18.2 Å². The van der Waals surface area contributed by atoms with Crippen LogP contribution in [-0.4, -0.2) is 34.5 Å². The number of hydrogen-bond donors (Lipinski definition) is 2. The number of aliphatic hydroxyl groups excluding tert-OH is 1. The van der Waals surface area contributed by atoms with Crippen LogP contribution in [0.4, 0.5) is 0 Å². The molecule has 0 saturated heterocycles. The Bertz CT molecular complexity index is 846. The maximum absolute atomic E-state index is 10.9. The zero-order valence-electron chi connectivity index (χ0n) is 19.1. The van der Waals surface area contributed by atoms with Gasteiger partial charge in [-0.2, -0.15) is 5.10 Å². The highest BCUT2D eigenvalue weighted by molar-refractivity contribution is 5.84. The molecule has 2 N–H and O–H groups in total. The maximum Gasteiger partial charge on any atom is 0.128 e. The Kier molecular flexibility index (Phi) is 6.79. The number of hydrazone groups is 1. The van der Waals surface area contributed by atoms with E-state index in [-0.39, 0.29) is 22.6 Å². The van der Waals surface area contributed by atoms with Gasteiger partial charge in [-0.05, 0) is 34.9 Å². The van der Waals surface area contributed by atoms with E-state index < -0.39 is 6.10 Å². The molecule has 4 nitrogen and oxygen atoms in total. The van der Waals surface area contributed by atoms with Gasteiger partial charge in [0.15, 0.2) is 0 Å². The van der Waals surface area contributed by atoms with Gasteiger partial charge in [0.25, 0.3) is 0 Å². The molecule has 0 aliphatic carbocycles. The molecule has 0 fully saturated rings. The lowest BCUT2D eigenvalue weighted by Gasteiger charge is -2.28. The van der Waals surface area contributed by atoms with E-state index in [1.54, 1.807) is 11.2 Å². The lowest BCUT2D eigenvalue weighted by Crippen LogP contribution is -2.30. The van der Waals surface area contributed by atoms with E-state index in [0.717, 1.165) is 16.7 Å². The summed E-state index contributed by atoms with van der Waals surface area (Å²) in [4.78, 5) is 0. The van der Waals surface area contributed by atoms with Crippen molar-refractivity contribution in [1.29, 1.82) is 0 Å². The second kappa shape index (κ2) is 8.58. The minimum absolute atomic E-state index is 0.0427. The highest BCUT2D eigenvalue weighted by Crippen LogP contribution is 2.37. The monoisotopic (exact) mass is 396 g/mol. The summed E-state index contributed by atoms with van der Waals surface area (Å²) in [5.41, 5.74) is 3.38. The van der Waals surface area contributed by atoms with Crippen LogP contribution in [0.25, 0.3) is 0 Å². The standard InChI is InChI=1S/C25H36N2O2/c1-17(22(28)18-12-10-9-11-13-18)27(8)26-16-19-14-20(24(2,3)4)15-21(23(19)29)25(5,6)7/h9-17,22,28-29H,1-8H3/b26-16+/t17-,22-/m0/s1. The van der Waals surface area contributed by atoms with Crippen LogP contribution in [0, 0.1) is 0 Å². The van der Waals surface area contributed by atoms with Crippen LogP contribution in [0.2, 0.25) is 0 Å². The topological polar surface area (TPSA) is 56.1 Å². The number of rotatable bonds is 5. The first kappa shape index (κ1) is 23.0. The van der Waals surface area contributed by atoms with Crippen LogP contribution in [0.3, 0.4) is 0 Å². The zero-order valence-corrected chi connectivity index (χ0v) is 19.1. The molecule has 158 valence electrons. The van der Waals surface area contributed by atoms with Crippen molar-refractivity contribution >= 4 is 6.21 Å². The third-order valence-corrected chi connectivity index (χ3v) is 5.38. The Labute approximate surface area is 175 Å². The van der Waals surface area contributed by atoms with Crippen LogP contribution < -0.4 is 0 Å². The van der Waals surface area contributed by atoms with Gasteiger partial charge < -0.3 is 10.2 Å². The number of phenolic OH excluding ortho intramolecular Hbond substituents is 1. The Hall–Kier alpha value is -2.33. The number of nitrogens with zero attached hydrogens (tertiary/aromatic N) is 2. The molecule has 2 aromatic rings. The minimum Gasteiger partial charge on any atom is -0.507 e. The molecule has 0 bridgehead atoms. The predicted molar refractivity (Wildman–Crippen MR) is 122 cm³/mol. The van der Waals surface area contributed by atoms with Crippen molar-refractivity contribution in [3.63, 3.8) is 0 Å². The van der Waals surface area contributed by atoms with Gasteiger partial charge >= 0.3 is 0 Å².